The number of fused-ring (bicyclic) bond motifs is 2. The van der Waals surface area contributed by atoms with Crippen molar-refractivity contribution in [3.63, 3.8) is 0 Å². The van der Waals surface area contributed by atoms with E-state index < -0.39 is 42.7 Å². The van der Waals surface area contributed by atoms with Crippen LogP contribution in [0, 0.1) is 5.92 Å². The zero-order valence-electron chi connectivity index (χ0n) is 23.9. The largest absolute Gasteiger partial charge is 0.399 e. The van der Waals surface area contributed by atoms with Crippen LogP contribution in [-0.2, 0) is 24.6 Å². The van der Waals surface area contributed by atoms with Crippen molar-refractivity contribution in [2.45, 2.75) is 95.0 Å². The molecule has 15 heteroatoms. The Hall–Kier alpha value is -2.93. The Morgan fingerprint density at radius 3 is 2.49 bits per heavy atom. The van der Waals surface area contributed by atoms with E-state index >= 15 is 0 Å². The number of hydrogen-bond acceptors (Lipinski definition) is 6. The highest BCUT2D eigenvalue weighted by molar-refractivity contribution is 7.52. The molecule has 0 radical (unpaired) electrons. The van der Waals surface area contributed by atoms with Gasteiger partial charge in [0.05, 0.1) is 4.88 Å². The number of amides is 4. The number of carbonyl (C=O) groups excluding carboxylic acids is 4. The smallest absolute Gasteiger partial charge is 0.370 e. The number of thiophene rings is 1. The second-order valence-electron chi connectivity index (χ2n) is 11.6. The lowest BCUT2D eigenvalue weighted by atomic mass is 9.98. The minimum absolute atomic E-state index is 0.0379. The van der Waals surface area contributed by atoms with Crippen LogP contribution in [0.3, 0.4) is 0 Å². The van der Waals surface area contributed by atoms with E-state index in [0.29, 0.717) is 36.8 Å². The second-order valence-corrected chi connectivity index (χ2v) is 14.3. The minimum atomic E-state index is -5.76. The number of alkyl halides is 2. The third-order valence-corrected chi connectivity index (χ3v) is 10.3. The number of carbonyl (C=O) groups is 4. The molecule has 236 valence electrons. The molecule has 2 aromatic rings. The quantitative estimate of drug-likeness (QED) is 0.246. The summed E-state index contributed by atoms with van der Waals surface area (Å²) in [5, 5.41) is 5.97. The van der Waals surface area contributed by atoms with Crippen molar-refractivity contribution in [2.75, 3.05) is 0 Å². The van der Waals surface area contributed by atoms with E-state index in [9.17, 15) is 32.5 Å². The molecule has 3 heterocycles. The molecule has 4 atom stereocenters. The van der Waals surface area contributed by atoms with Crippen molar-refractivity contribution in [1.29, 1.82) is 0 Å². The fourth-order valence-electron chi connectivity index (χ4n) is 5.81. The predicted molar refractivity (Wildman–Crippen MR) is 156 cm³/mol. The molecule has 2 aliphatic rings. The first-order chi connectivity index (χ1) is 20.1. The molecule has 2 aliphatic heterocycles. The third-order valence-electron chi connectivity index (χ3n) is 8.23. The zero-order chi connectivity index (χ0) is 31.7. The van der Waals surface area contributed by atoms with Crippen LogP contribution in [0.4, 0.5) is 8.78 Å². The first-order valence-corrected chi connectivity index (χ1v) is 16.7. The van der Waals surface area contributed by atoms with Crippen molar-refractivity contribution < 1.29 is 42.3 Å². The maximum Gasteiger partial charge on any atom is 0.399 e. The summed E-state index contributed by atoms with van der Waals surface area (Å²) >= 11 is 0.999. The fourth-order valence-corrected chi connectivity index (χ4v) is 7.23. The first kappa shape index (κ1) is 33.0. The van der Waals surface area contributed by atoms with Crippen LogP contribution in [0.5, 0.6) is 0 Å². The van der Waals surface area contributed by atoms with Gasteiger partial charge in [0.2, 0.25) is 17.7 Å². The number of nitrogens with two attached hydrogens (primary N) is 1. The molecule has 6 N–H and O–H groups in total. The topological polar surface area (TPSA) is 179 Å². The van der Waals surface area contributed by atoms with Gasteiger partial charge in [0, 0.05) is 28.8 Å². The molecule has 0 saturated carbocycles. The minimum Gasteiger partial charge on any atom is -0.370 e. The van der Waals surface area contributed by atoms with Gasteiger partial charge in [0.15, 0.2) is 0 Å². The van der Waals surface area contributed by atoms with Gasteiger partial charge in [-0.05, 0) is 61.6 Å². The van der Waals surface area contributed by atoms with Crippen molar-refractivity contribution >= 4 is 52.6 Å². The zero-order valence-corrected chi connectivity index (χ0v) is 25.6. The molecule has 2 saturated heterocycles. The highest BCUT2D eigenvalue weighted by Gasteiger charge is 2.50. The fraction of sp³-hybridized carbons (Fsp3) is 0.571. The molecule has 11 nitrogen and oxygen atoms in total. The Labute approximate surface area is 251 Å². The Kier molecular flexibility index (Phi) is 9.95. The molecule has 43 heavy (non-hydrogen) atoms. The molecule has 4 rings (SSSR count). The van der Waals surface area contributed by atoms with Gasteiger partial charge in [0.25, 0.3) is 5.91 Å². The monoisotopic (exact) mass is 642 g/mol. The Morgan fingerprint density at radius 1 is 1.14 bits per heavy atom. The summed E-state index contributed by atoms with van der Waals surface area (Å²) in [4.78, 5) is 71.7. The molecule has 1 aromatic heterocycles. The number of benzene rings is 1. The van der Waals surface area contributed by atoms with E-state index in [1.165, 1.54) is 12.1 Å². The van der Waals surface area contributed by atoms with Crippen molar-refractivity contribution in [3.8, 4) is 0 Å². The lowest BCUT2D eigenvalue weighted by Crippen LogP contribution is -2.57. The summed E-state index contributed by atoms with van der Waals surface area (Å²) in [6.07, 6.45) is 4.22. The highest BCUT2D eigenvalue weighted by Crippen LogP contribution is 2.59. The van der Waals surface area contributed by atoms with Crippen molar-refractivity contribution in [2.24, 2.45) is 11.7 Å². The van der Waals surface area contributed by atoms with Gasteiger partial charge >= 0.3 is 13.3 Å². The molecule has 2 fully saturated rings. The van der Waals surface area contributed by atoms with Crippen LogP contribution < -0.4 is 16.4 Å². The molecule has 0 spiro atoms. The second kappa shape index (κ2) is 13.0. The van der Waals surface area contributed by atoms with E-state index in [4.69, 9.17) is 15.5 Å². The predicted octanol–water partition coefficient (Wildman–Crippen LogP) is 3.57. The number of halogens is 2. The molecule has 4 amide bonds. The number of rotatable bonds is 10. The van der Waals surface area contributed by atoms with Gasteiger partial charge in [-0.1, -0.05) is 32.8 Å². The van der Waals surface area contributed by atoms with E-state index in [0.717, 1.165) is 36.3 Å². The third kappa shape index (κ3) is 7.25. The number of nitrogens with one attached hydrogen (secondary N) is 2. The molecule has 1 aromatic carbocycles. The molecule has 0 aliphatic carbocycles. The summed E-state index contributed by atoms with van der Waals surface area (Å²) in [7, 11) is -5.76. The SMILES string of the molecule is CC(C)[C@H](CCC(N)=O)NC(=O)[C@@H]1CC[C@@H]2CCCC[C@H](NC(=O)c3cc4cc(C(F)(F)P(=O)(O)O)ccc4s3)C(=O)N21. The maximum absolute atomic E-state index is 14.2. The average Bonchev–Trinajstić information content (AvgIpc) is 3.54. The van der Waals surface area contributed by atoms with E-state index in [1.54, 1.807) is 4.90 Å². The van der Waals surface area contributed by atoms with Gasteiger partial charge in [0.1, 0.15) is 12.1 Å². The van der Waals surface area contributed by atoms with Gasteiger partial charge in [-0.25, -0.2) is 0 Å². The Bertz CT molecular complexity index is 1450. The number of primary amides is 1. The van der Waals surface area contributed by atoms with Gasteiger partial charge < -0.3 is 31.1 Å². The summed E-state index contributed by atoms with van der Waals surface area (Å²) < 4.78 is 40.2. The van der Waals surface area contributed by atoms with Crippen LogP contribution in [0.25, 0.3) is 10.1 Å². The van der Waals surface area contributed by atoms with Gasteiger partial charge in [-0.3, -0.25) is 23.7 Å². The maximum atomic E-state index is 14.2. The van der Waals surface area contributed by atoms with Crippen LogP contribution in [0.15, 0.2) is 24.3 Å². The standard InChI is InChI=1S/C28H37F2N4O7PS/c1-15(2)19(9-12-24(31)35)32-25(36)21-10-8-18-5-3-4-6-20(27(38)34(18)21)33-26(37)23-14-16-13-17(7-11-22(16)43-23)28(29,30)42(39,40)41/h7,11,13-15,18-21H,3-6,8-10,12H2,1-2H3,(H2,31,35)(H,32,36)(H,33,37)(H2,39,40,41)/t18-,19-,20-,21-/m0/s1. The molecule has 0 bridgehead atoms. The normalized spacial score (nSPS) is 22.2. The number of hydrogen-bond donors (Lipinski definition) is 5. The average molecular weight is 643 g/mol. The Morgan fingerprint density at radius 2 is 1.84 bits per heavy atom. The number of nitrogens with zero attached hydrogens (tertiary/aromatic N) is 1. The Balaban J connectivity index is 1.51. The lowest BCUT2D eigenvalue weighted by Gasteiger charge is -2.36. The summed E-state index contributed by atoms with van der Waals surface area (Å²) in [6, 6.07) is 2.39. The van der Waals surface area contributed by atoms with E-state index in [1.807, 2.05) is 13.8 Å². The summed E-state index contributed by atoms with van der Waals surface area (Å²) in [6.45, 7) is 3.85. The van der Waals surface area contributed by atoms with Crippen LogP contribution in [0.2, 0.25) is 0 Å². The van der Waals surface area contributed by atoms with E-state index in [2.05, 4.69) is 10.6 Å². The van der Waals surface area contributed by atoms with Crippen LogP contribution >= 0.6 is 18.9 Å². The first-order valence-electron chi connectivity index (χ1n) is 14.3. The van der Waals surface area contributed by atoms with Crippen LogP contribution in [-0.4, -0.2) is 62.5 Å². The van der Waals surface area contributed by atoms with Crippen molar-refractivity contribution in [1.82, 2.24) is 15.5 Å². The summed E-state index contributed by atoms with van der Waals surface area (Å²) in [5.74, 6) is -1.69. The summed E-state index contributed by atoms with van der Waals surface area (Å²) in [5.41, 5.74) is 0.0385. The highest BCUT2D eigenvalue weighted by atomic mass is 32.1. The molecular weight excluding hydrogens is 605 g/mol. The van der Waals surface area contributed by atoms with Crippen molar-refractivity contribution in [3.05, 3.63) is 34.7 Å². The van der Waals surface area contributed by atoms with Crippen LogP contribution in [0.1, 0.15) is 80.4 Å². The lowest BCUT2D eigenvalue weighted by molar-refractivity contribution is -0.143. The molecule has 0 unspecified atom stereocenters. The van der Waals surface area contributed by atoms with E-state index in [-0.39, 0.29) is 46.5 Å². The van der Waals surface area contributed by atoms with Gasteiger partial charge in [-0.2, -0.15) is 8.78 Å². The van der Waals surface area contributed by atoms with Gasteiger partial charge in [-0.15, -0.1) is 11.3 Å². The molecular formula is C28H37F2N4O7PS.